The van der Waals surface area contributed by atoms with E-state index in [1.165, 1.54) is 23.2 Å². The highest BCUT2D eigenvalue weighted by Crippen LogP contribution is 2.44. The summed E-state index contributed by atoms with van der Waals surface area (Å²) in [5.74, 6) is 1.85. The minimum Gasteiger partial charge on any atom is -0.297 e. The van der Waals surface area contributed by atoms with Crippen LogP contribution in [-0.4, -0.2) is 23.0 Å². The van der Waals surface area contributed by atoms with Crippen molar-refractivity contribution in [2.45, 2.75) is 78.8 Å². The first-order valence-electron chi connectivity index (χ1n) is 8.46. The molecule has 0 fully saturated rings. The van der Waals surface area contributed by atoms with Crippen molar-refractivity contribution >= 4 is 0 Å². The maximum Gasteiger partial charge on any atom is 0.0423 e. The van der Waals surface area contributed by atoms with Crippen LogP contribution in [0.3, 0.4) is 0 Å². The standard InChI is InChI=1S/C19H32N2/c1-11(2)16-9-13(5)21(8)15(7)18-14(6)20-10-17(12(3)4)19(16)18/h10-13,15-16H,9H2,1-8H3/t13-,15+,16?/m1/s1. The lowest BCUT2D eigenvalue weighted by atomic mass is 9.77. The van der Waals surface area contributed by atoms with E-state index in [4.69, 9.17) is 4.98 Å². The molecule has 2 heteroatoms. The van der Waals surface area contributed by atoms with Crippen LogP contribution in [0.25, 0.3) is 0 Å². The molecule has 0 aliphatic carbocycles. The summed E-state index contributed by atoms with van der Waals surface area (Å²) >= 11 is 0. The Kier molecular flexibility index (Phi) is 4.77. The van der Waals surface area contributed by atoms with E-state index in [2.05, 4.69) is 66.6 Å². The van der Waals surface area contributed by atoms with E-state index in [1.807, 2.05) is 0 Å². The normalized spacial score (nSPS) is 27.0. The summed E-state index contributed by atoms with van der Waals surface area (Å²) < 4.78 is 0. The molecule has 1 aliphatic heterocycles. The number of hydrogen-bond donors (Lipinski definition) is 0. The predicted octanol–water partition coefficient (Wildman–Crippen LogP) is 5.04. The number of rotatable bonds is 2. The molecule has 0 saturated heterocycles. The highest BCUT2D eigenvalue weighted by molar-refractivity contribution is 5.43. The van der Waals surface area contributed by atoms with Crippen LogP contribution in [0.1, 0.15) is 88.2 Å². The van der Waals surface area contributed by atoms with Gasteiger partial charge in [0.25, 0.3) is 0 Å². The molecule has 21 heavy (non-hydrogen) atoms. The lowest BCUT2D eigenvalue weighted by molar-refractivity contribution is 0.186. The van der Waals surface area contributed by atoms with E-state index >= 15 is 0 Å². The van der Waals surface area contributed by atoms with Crippen LogP contribution in [0.4, 0.5) is 0 Å². The number of nitrogens with zero attached hydrogens (tertiary/aromatic N) is 2. The van der Waals surface area contributed by atoms with Crippen molar-refractivity contribution in [3.63, 3.8) is 0 Å². The molecule has 1 unspecified atom stereocenters. The van der Waals surface area contributed by atoms with Crippen LogP contribution in [0, 0.1) is 12.8 Å². The topological polar surface area (TPSA) is 16.1 Å². The summed E-state index contributed by atoms with van der Waals surface area (Å²) in [6.07, 6.45) is 3.38. The zero-order valence-corrected chi connectivity index (χ0v) is 15.1. The third-order valence-corrected chi connectivity index (χ3v) is 5.50. The van der Waals surface area contributed by atoms with Gasteiger partial charge in [0.1, 0.15) is 0 Å². The van der Waals surface area contributed by atoms with Gasteiger partial charge in [-0.1, -0.05) is 27.7 Å². The predicted molar refractivity (Wildman–Crippen MR) is 90.9 cm³/mol. The van der Waals surface area contributed by atoms with Crippen LogP contribution < -0.4 is 0 Å². The summed E-state index contributed by atoms with van der Waals surface area (Å²) in [7, 11) is 2.27. The van der Waals surface area contributed by atoms with Gasteiger partial charge in [0, 0.05) is 24.0 Å². The molecule has 0 bridgehead atoms. The van der Waals surface area contributed by atoms with Gasteiger partial charge in [-0.05, 0) is 68.7 Å². The zero-order valence-electron chi connectivity index (χ0n) is 15.1. The van der Waals surface area contributed by atoms with Crippen molar-refractivity contribution in [2.24, 2.45) is 5.92 Å². The second kappa shape index (κ2) is 6.08. The maximum absolute atomic E-state index is 4.73. The summed E-state index contributed by atoms with van der Waals surface area (Å²) in [6.45, 7) is 16.2. The van der Waals surface area contributed by atoms with Crippen LogP contribution in [0.5, 0.6) is 0 Å². The smallest absolute Gasteiger partial charge is 0.0423 e. The van der Waals surface area contributed by atoms with Crippen molar-refractivity contribution < 1.29 is 0 Å². The highest BCUT2D eigenvalue weighted by Gasteiger charge is 2.34. The zero-order chi connectivity index (χ0) is 15.9. The van der Waals surface area contributed by atoms with Crippen LogP contribution in [-0.2, 0) is 0 Å². The molecule has 2 nitrogen and oxygen atoms in total. The molecular formula is C19H32N2. The van der Waals surface area contributed by atoms with Crippen LogP contribution in [0.15, 0.2) is 6.20 Å². The van der Waals surface area contributed by atoms with Crippen LogP contribution >= 0.6 is 0 Å². The minimum atomic E-state index is 0.449. The van der Waals surface area contributed by atoms with Gasteiger partial charge >= 0.3 is 0 Å². The highest BCUT2D eigenvalue weighted by atomic mass is 15.2. The lowest BCUT2D eigenvalue weighted by Crippen LogP contribution is -2.31. The number of aromatic nitrogens is 1. The van der Waals surface area contributed by atoms with Gasteiger partial charge in [0.15, 0.2) is 0 Å². The van der Waals surface area contributed by atoms with Crippen molar-refractivity contribution in [1.82, 2.24) is 9.88 Å². The monoisotopic (exact) mass is 288 g/mol. The Morgan fingerprint density at radius 3 is 2.29 bits per heavy atom. The van der Waals surface area contributed by atoms with Gasteiger partial charge < -0.3 is 0 Å². The molecular weight excluding hydrogens is 256 g/mol. The second-order valence-corrected chi connectivity index (χ2v) is 7.56. The Morgan fingerprint density at radius 1 is 1.14 bits per heavy atom. The summed E-state index contributed by atoms with van der Waals surface area (Å²) in [4.78, 5) is 7.26. The van der Waals surface area contributed by atoms with E-state index in [0.29, 0.717) is 29.8 Å². The first-order valence-corrected chi connectivity index (χ1v) is 8.46. The van der Waals surface area contributed by atoms with Crippen molar-refractivity contribution in [3.05, 3.63) is 28.6 Å². The summed E-state index contributed by atoms with van der Waals surface area (Å²) in [5.41, 5.74) is 5.78. The van der Waals surface area contributed by atoms with E-state index in [1.54, 1.807) is 5.56 Å². The third kappa shape index (κ3) is 2.88. The Hall–Kier alpha value is -0.890. The summed E-state index contributed by atoms with van der Waals surface area (Å²) in [5, 5.41) is 0. The SMILES string of the molecule is Cc1ncc(C(C)C)c2c1[C@H](C)N(C)[C@H](C)CC2C(C)C. The molecule has 0 spiro atoms. The first kappa shape index (κ1) is 16.5. The molecule has 1 aliphatic rings. The summed E-state index contributed by atoms with van der Waals surface area (Å²) in [6, 6.07) is 1.06. The Labute approximate surface area is 131 Å². The molecule has 0 saturated carbocycles. The van der Waals surface area contributed by atoms with Gasteiger partial charge in [-0.3, -0.25) is 9.88 Å². The molecule has 3 atom stereocenters. The number of pyridine rings is 1. The van der Waals surface area contributed by atoms with Crippen molar-refractivity contribution in [3.8, 4) is 0 Å². The third-order valence-electron chi connectivity index (χ3n) is 5.50. The molecule has 0 amide bonds. The van der Waals surface area contributed by atoms with Gasteiger partial charge in [0.2, 0.25) is 0 Å². The molecule has 1 aromatic rings. The minimum absolute atomic E-state index is 0.449. The lowest BCUT2D eigenvalue weighted by Gasteiger charge is -2.29. The van der Waals surface area contributed by atoms with E-state index < -0.39 is 0 Å². The van der Waals surface area contributed by atoms with E-state index in [0.717, 1.165) is 0 Å². The molecule has 118 valence electrons. The first-order chi connectivity index (χ1) is 9.75. The van der Waals surface area contributed by atoms with Gasteiger partial charge in [0.05, 0.1) is 0 Å². The van der Waals surface area contributed by atoms with Crippen LogP contribution in [0.2, 0.25) is 0 Å². The Bertz CT molecular complexity index is 505. The second-order valence-electron chi connectivity index (χ2n) is 7.56. The average molecular weight is 288 g/mol. The fourth-order valence-electron chi connectivity index (χ4n) is 3.90. The quantitative estimate of drug-likeness (QED) is 0.758. The van der Waals surface area contributed by atoms with E-state index in [-0.39, 0.29) is 0 Å². The maximum atomic E-state index is 4.73. The number of fused-ring (bicyclic) bond motifs is 1. The fourth-order valence-corrected chi connectivity index (χ4v) is 3.90. The Balaban J connectivity index is 2.74. The molecule has 0 aromatic carbocycles. The van der Waals surface area contributed by atoms with Gasteiger partial charge in [-0.15, -0.1) is 0 Å². The fraction of sp³-hybridized carbons (Fsp3) is 0.737. The molecule has 2 rings (SSSR count). The molecule has 2 heterocycles. The largest absolute Gasteiger partial charge is 0.297 e. The number of hydrogen-bond acceptors (Lipinski definition) is 2. The molecule has 0 N–H and O–H groups in total. The average Bonchev–Trinajstić information content (AvgIpc) is 2.50. The molecule has 1 aromatic heterocycles. The van der Waals surface area contributed by atoms with Gasteiger partial charge in [-0.2, -0.15) is 0 Å². The molecule has 0 radical (unpaired) electrons. The van der Waals surface area contributed by atoms with E-state index in [9.17, 15) is 0 Å². The Morgan fingerprint density at radius 2 is 1.76 bits per heavy atom. The number of aryl methyl sites for hydroxylation is 1. The van der Waals surface area contributed by atoms with Gasteiger partial charge in [-0.25, -0.2) is 0 Å². The van der Waals surface area contributed by atoms with Crippen molar-refractivity contribution in [2.75, 3.05) is 7.05 Å². The van der Waals surface area contributed by atoms with Crippen molar-refractivity contribution in [1.29, 1.82) is 0 Å².